The number of rotatable bonds is 2. The molecule has 0 fully saturated rings. The molecule has 90 valence electrons. The Morgan fingerprint density at radius 1 is 1.29 bits per heavy atom. The Morgan fingerprint density at radius 3 is 2.53 bits per heavy atom. The lowest BCUT2D eigenvalue weighted by Crippen LogP contribution is -2.07. The standard InChI is InChI=1S/C11H16N6/c1-6(2)11-14-9(7(3)10(12)15-11)8-5-13-16-17(8)4/h5-6H,1-4H3,(H2,12,14,15). The van der Waals surface area contributed by atoms with E-state index in [4.69, 9.17) is 5.73 Å². The smallest absolute Gasteiger partial charge is 0.134 e. The summed E-state index contributed by atoms with van der Waals surface area (Å²) in [6, 6.07) is 0. The molecular weight excluding hydrogens is 216 g/mol. The summed E-state index contributed by atoms with van der Waals surface area (Å²) in [4.78, 5) is 8.83. The summed E-state index contributed by atoms with van der Waals surface area (Å²) in [5.74, 6) is 1.49. The van der Waals surface area contributed by atoms with E-state index in [1.165, 1.54) is 0 Å². The third kappa shape index (κ3) is 1.98. The molecule has 6 nitrogen and oxygen atoms in total. The second-order valence-corrected chi connectivity index (χ2v) is 4.34. The van der Waals surface area contributed by atoms with Gasteiger partial charge in [0.1, 0.15) is 17.3 Å². The van der Waals surface area contributed by atoms with Crippen LogP contribution in [0.3, 0.4) is 0 Å². The molecule has 0 unspecified atom stereocenters. The summed E-state index contributed by atoms with van der Waals surface area (Å²) in [5.41, 5.74) is 8.42. The Morgan fingerprint density at radius 2 is 2.00 bits per heavy atom. The molecule has 0 amide bonds. The zero-order valence-electron chi connectivity index (χ0n) is 10.5. The van der Waals surface area contributed by atoms with Crippen LogP contribution < -0.4 is 5.73 Å². The highest BCUT2D eigenvalue weighted by Gasteiger charge is 2.15. The molecule has 0 radical (unpaired) electrons. The van der Waals surface area contributed by atoms with Crippen LogP contribution in [-0.4, -0.2) is 25.0 Å². The summed E-state index contributed by atoms with van der Waals surface area (Å²) >= 11 is 0. The molecule has 2 aromatic rings. The minimum Gasteiger partial charge on any atom is -0.383 e. The fraction of sp³-hybridized carbons (Fsp3) is 0.455. The van der Waals surface area contributed by atoms with Crippen molar-refractivity contribution >= 4 is 5.82 Å². The number of nitrogen functional groups attached to an aromatic ring is 1. The van der Waals surface area contributed by atoms with E-state index in [0.717, 1.165) is 22.8 Å². The number of nitrogens with zero attached hydrogens (tertiary/aromatic N) is 5. The third-order valence-electron chi connectivity index (χ3n) is 2.67. The van der Waals surface area contributed by atoms with Gasteiger partial charge in [0.15, 0.2) is 0 Å². The number of anilines is 1. The van der Waals surface area contributed by atoms with Gasteiger partial charge in [-0.1, -0.05) is 19.1 Å². The maximum atomic E-state index is 5.91. The number of hydrogen-bond donors (Lipinski definition) is 1. The van der Waals surface area contributed by atoms with E-state index in [0.29, 0.717) is 5.82 Å². The molecule has 0 atom stereocenters. The van der Waals surface area contributed by atoms with Gasteiger partial charge in [-0.15, -0.1) is 5.10 Å². The van der Waals surface area contributed by atoms with Crippen molar-refractivity contribution in [3.05, 3.63) is 17.6 Å². The van der Waals surface area contributed by atoms with Crippen molar-refractivity contribution in [3.8, 4) is 11.4 Å². The zero-order chi connectivity index (χ0) is 12.6. The van der Waals surface area contributed by atoms with Gasteiger partial charge in [-0.05, 0) is 6.92 Å². The molecule has 0 saturated heterocycles. The van der Waals surface area contributed by atoms with Crippen LogP contribution in [0.1, 0.15) is 31.2 Å². The molecule has 0 aromatic carbocycles. The third-order valence-corrected chi connectivity index (χ3v) is 2.67. The van der Waals surface area contributed by atoms with Crippen molar-refractivity contribution < 1.29 is 0 Å². The van der Waals surface area contributed by atoms with Crippen molar-refractivity contribution in [3.63, 3.8) is 0 Å². The van der Waals surface area contributed by atoms with E-state index >= 15 is 0 Å². The molecule has 0 saturated carbocycles. The highest BCUT2D eigenvalue weighted by Crippen LogP contribution is 2.24. The molecule has 0 aliphatic rings. The van der Waals surface area contributed by atoms with Crippen LogP contribution in [0.4, 0.5) is 5.82 Å². The summed E-state index contributed by atoms with van der Waals surface area (Å²) in [7, 11) is 1.83. The van der Waals surface area contributed by atoms with E-state index in [-0.39, 0.29) is 5.92 Å². The molecule has 17 heavy (non-hydrogen) atoms. The van der Waals surface area contributed by atoms with Gasteiger partial charge in [0.25, 0.3) is 0 Å². The summed E-state index contributed by atoms with van der Waals surface area (Å²) in [6.45, 7) is 5.98. The molecular formula is C11H16N6. The van der Waals surface area contributed by atoms with Gasteiger partial charge < -0.3 is 5.73 Å². The van der Waals surface area contributed by atoms with Crippen LogP contribution in [0, 0.1) is 6.92 Å². The van der Waals surface area contributed by atoms with Crippen LogP contribution in [0.15, 0.2) is 6.20 Å². The molecule has 0 aliphatic heterocycles. The first-order valence-electron chi connectivity index (χ1n) is 5.49. The molecule has 2 heterocycles. The number of aromatic nitrogens is 5. The quantitative estimate of drug-likeness (QED) is 0.843. The average molecular weight is 232 g/mol. The minimum atomic E-state index is 0.234. The van der Waals surface area contributed by atoms with E-state index in [1.807, 2.05) is 27.8 Å². The first kappa shape index (κ1) is 11.5. The highest BCUT2D eigenvalue weighted by atomic mass is 15.4. The van der Waals surface area contributed by atoms with Gasteiger partial charge in [-0.25, -0.2) is 14.6 Å². The predicted octanol–water partition coefficient (Wildman–Crippen LogP) is 1.29. The van der Waals surface area contributed by atoms with Crippen molar-refractivity contribution in [1.29, 1.82) is 0 Å². The SMILES string of the molecule is Cc1c(N)nc(C(C)C)nc1-c1cnnn1C. The highest BCUT2D eigenvalue weighted by molar-refractivity contribution is 5.63. The molecule has 0 bridgehead atoms. The van der Waals surface area contributed by atoms with Crippen molar-refractivity contribution in [1.82, 2.24) is 25.0 Å². The minimum absolute atomic E-state index is 0.234. The fourth-order valence-electron chi connectivity index (χ4n) is 1.56. The molecule has 2 rings (SSSR count). The first-order chi connectivity index (χ1) is 8.00. The first-order valence-corrected chi connectivity index (χ1v) is 5.49. The molecule has 6 heteroatoms. The van der Waals surface area contributed by atoms with Crippen LogP contribution in [0.2, 0.25) is 0 Å². The number of nitrogens with two attached hydrogens (primary N) is 1. The second kappa shape index (κ2) is 4.12. The maximum absolute atomic E-state index is 5.91. The monoisotopic (exact) mass is 232 g/mol. The van der Waals surface area contributed by atoms with Gasteiger partial charge in [0.05, 0.1) is 11.9 Å². The maximum Gasteiger partial charge on any atom is 0.134 e. The van der Waals surface area contributed by atoms with Crippen molar-refractivity contribution in [2.75, 3.05) is 5.73 Å². The van der Waals surface area contributed by atoms with Gasteiger partial charge in [-0.3, -0.25) is 0 Å². The molecule has 2 aromatic heterocycles. The largest absolute Gasteiger partial charge is 0.383 e. The Labute approximate surface area is 99.9 Å². The van der Waals surface area contributed by atoms with E-state index < -0.39 is 0 Å². The average Bonchev–Trinajstić information content (AvgIpc) is 2.68. The fourth-order valence-corrected chi connectivity index (χ4v) is 1.56. The lowest BCUT2D eigenvalue weighted by atomic mass is 10.1. The van der Waals surface area contributed by atoms with Crippen LogP contribution in [-0.2, 0) is 7.05 Å². The van der Waals surface area contributed by atoms with Crippen LogP contribution in [0.25, 0.3) is 11.4 Å². The molecule has 2 N–H and O–H groups in total. The Kier molecular flexibility index (Phi) is 2.79. The summed E-state index contributed by atoms with van der Waals surface area (Å²) < 4.78 is 1.68. The number of aryl methyl sites for hydroxylation is 1. The lowest BCUT2D eigenvalue weighted by Gasteiger charge is -2.11. The van der Waals surface area contributed by atoms with Gasteiger partial charge in [-0.2, -0.15) is 0 Å². The van der Waals surface area contributed by atoms with Gasteiger partial charge in [0.2, 0.25) is 0 Å². The Bertz CT molecular complexity index is 543. The normalized spacial score (nSPS) is 11.1. The summed E-state index contributed by atoms with van der Waals surface area (Å²) in [6.07, 6.45) is 1.68. The Balaban J connectivity index is 2.65. The van der Waals surface area contributed by atoms with Gasteiger partial charge in [0, 0.05) is 18.5 Å². The second-order valence-electron chi connectivity index (χ2n) is 4.34. The van der Waals surface area contributed by atoms with Crippen LogP contribution >= 0.6 is 0 Å². The van der Waals surface area contributed by atoms with Gasteiger partial charge >= 0.3 is 0 Å². The Hall–Kier alpha value is -1.98. The van der Waals surface area contributed by atoms with E-state index in [2.05, 4.69) is 20.3 Å². The van der Waals surface area contributed by atoms with E-state index in [1.54, 1.807) is 10.9 Å². The van der Waals surface area contributed by atoms with E-state index in [9.17, 15) is 0 Å². The zero-order valence-corrected chi connectivity index (χ0v) is 10.5. The molecule has 0 aliphatic carbocycles. The number of hydrogen-bond acceptors (Lipinski definition) is 5. The topological polar surface area (TPSA) is 82.5 Å². The van der Waals surface area contributed by atoms with Crippen LogP contribution in [0.5, 0.6) is 0 Å². The lowest BCUT2D eigenvalue weighted by molar-refractivity contribution is 0.715. The van der Waals surface area contributed by atoms with Crippen molar-refractivity contribution in [2.24, 2.45) is 7.05 Å². The molecule has 0 spiro atoms. The van der Waals surface area contributed by atoms with Crippen molar-refractivity contribution in [2.45, 2.75) is 26.7 Å². The summed E-state index contributed by atoms with van der Waals surface area (Å²) in [5, 5.41) is 7.76. The predicted molar refractivity (Wildman–Crippen MR) is 65.3 cm³/mol.